The van der Waals surface area contributed by atoms with Crippen LogP contribution in [0.4, 0.5) is 0 Å². The van der Waals surface area contributed by atoms with Gasteiger partial charge in [-0.1, -0.05) is 6.92 Å². The van der Waals surface area contributed by atoms with Crippen LogP contribution in [0.15, 0.2) is 16.5 Å². The third-order valence-corrected chi connectivity index (χ3v) is 4.64. The molecule has 0 spiro atoms. The fourth-order valence-electron chi connectivity index (χ4n) is 1.47. The number of aryl methyl sites for hydroxylation is 1. The molecule has 1 atom stereocenters. The van der Waals surface area contributed by atoms with Crippen LogP contribution < -0.4 is 0 Å². The average molecular weight is 256 g/mol. The third kappa shape index (κ3) is 3.08. The minimum Gasteiger partial charge on any atom is -0.465 e. The molecule has 1 aromatic rings. The molecule has 1 aromatic heterocycles. The van der Waals surface area contributed by atoms with Crippen molar-refractivity contribution in [1.82, 2.24) is 4.31 Å². The summed E-state index contributed by atoms with van der Waals surface area (Å²) < 4.78 is 30.4. The lowest BCUT2D eigenvalue weighted by Gasteiger charge is -2.18. The molecule has 1 heterocycles. The summed E-state index contributed by atoms with van der Waals surface area (Å²) in [5, 5.41) is 7.80. The zero-order valence-electron chi connectivity index (χ0n) is 10.2. The molecule has 0 saturated carbocycles. The maximum atomic E-state index is 12.0. The molecule has 1 unspecified atom stereocenters. The molecule has 0 N–H and O–H groups in total. The largest absolute Gasteiger partial charge is 0.465 e. The van der Waals surface area contributed by atoms with Gasteiger partial charge < -0.3 is 4.42 Å². The average Bonchev–Trinajstić information content (AvgIpc) is 2.65. The van der Waals surface area contributed by atoms with Gasteiger partial charge in [0.15, 0.2) is 5.25 Å². The second-order valence-electron chi connectivity index (χ2n) is 3.84. The van der Waals surface area contributed by atoms with E-state index < -0.39 is 15.3 Å². The van der Waals surface area contributed by atoms with E-state index in [1.165, 1.54) is 7.05 Å². The van der Waals surface area contributed by atoms with Crippen LogP contribution in [0.25, 0.3) is 0 Å². The Kier molecular flexibility index (Phi) is 4.32. The van der Waals surface area contributed by atoms with E-state index in [2.05, 4.69) is 0 Å². The second-order valence-corrected chi connectivity index (χ2v) is 6.06. The smallest absolute Gasteiger partial charge is 0.230 e. The van der Waals surface area contributed by atoms with E-state index in [1.54, 1.807) is 32.0 Å². The van der Waals surface area contributed by atoms with Crippen LogP contribution in [-0.4, -0.2) is 25.0 Å². The van der Waals surface area contributed by atoms with Crippen molar-refractivity contribution < 1.29 is 12.8 Å². The Labute approximate surface area is 102 Å². The van der Waals surface area contributed by atoms with Crippen LogP contribution >= 0.6 is 0 Å². The van der Waals surface area contributed by atoms with Crippen molar-refractivity contribution in [3.63, 3.8) is 0 Å². The molecule has 6 heteroatoms. The number of rotatable bonds is 5. The predicted molar refractivity (Wildman–Crippen MR) is 63.5 cm³/mol. The van der Waals surface area contributed by atoms with E-state index in [9.17, 15) is 8.42 Å². The van der Waals surface area contributed by atoms with Crippen LogP contribution in [0.3, 0.4) is 0 Å². The monoisotopic (exact) mass is 256 g/mol. The summed E-state index contributed by atoms with van der Waals surface area (Å²) in [5.74, 6) is 1.31. The highest BCUT2D eigenvalue weighted by atomic mass is 32.2. The van der Waals surface area contributed by atoms with Gasteiger partial charge in [-0.15, -0.1) is 0 Å². The Morgan fingerprint density at radius 3 is 2.59 bits per heavy atom. The predicted octanol–water partition coefficient (Wildman–Crippen LogP) is 1.65. The zero-order chi connectivity index (χ0) is 13.1. The van der Waals surface area contributed by atoms with E-state index in [-0.39, 0.29) is 13.0 Å². The second kappa shape index (κ2) is 5.34. The standard InChI is InChI=1S/C11H16N2O3S/c1-4-11(7-12)17(14,15)13(3)8-10-6-5-9(2)16-10/h5-6,11H,4,8H2,1-3H3. The third-order valence-electron chi connectivity index (χ3n) is 2.48. The first kappa shape index (κ1) is 13.7. The normalized spacial score (nSPS) is 13.6. The molecule has 0 fully saturated rings. The van der Waals surface area contributed by atoms with Gasteiger partial charge in [0, 0.05) is 7.05 Å². The molecule has 0 amide bonds. The highest BCUT2D eigenvalue weighted by Gasteiger charge is 2.28. The van der Waals surface area contributed by atoms with E-state index in [0.717, 1.165) is 10.1 Å². The summed E-state index contributed by atoms with van der Waals surface area (Å²) in [6.07, 6.45) is 0.278. The van der Waals surface area contributed by atoms with Crippen LogP contribution in [0.2, 0.25) is 0 Å². The first-order chi connectivity index (χ1) is 7.91. The summed E-state index contributed by atoms with van der Waals surface area (Å²) >= 11 is 0. The van der Waals surface area contributed by atoms with Crippen LogP contribution in [0, 0.1) is 18.3 Å². The Hall–Kier alpha value is -1.32. The Morgan fingerprint density at radius 1 is 1.53 bits per heavy atom. The van der Waals surface area contributed by atoms with Gasteiger partial charge in [-0.2, -0.15) is 9.57 Å². The molecule has 0 bridgehead atoms. The Morgan fingerprint density at radius 2 is 2.18 bits per heavy atom. The van der Waals surface area contributed by atoms with Gasteiger partial charge in [0.2, 0.25) is 10.0 Å². The maximum absolute atomic E-state index is 12.0. The fraction of sp³-hybridized carbons (Fsp3) is 0.545. The highest BCUT2D eigenvalue weighted by molar-refractivity contribution is 7.89. The minimum atomic E-state index is -3.58. The number of nitriles is 1. The van der Waals surface area contributed by atoms with E-state index in [1.807, 2.05) is 0 Å². The maximum Gasteiger partial charge on any atom is 0.230 e. The lowest BCUT2D eigenvalue weighted by atomic mass is 10.4. The Bertz CT molecular complexity index is 513. The van der Waals surface area contributed by atoms with Crippen molar-refractivity contribution in [1.29, 1.82) is 5.26 Å². The first-order valence-corrected chi connectivity index (χ1v) is 6.82. The highest BCUT2D eigenvalue weighted by Crippen LogP contribution is 2.15. The van der Waals surface area contributed by atoms with Crippen LogP contribution in [0.5, 0.6) is 0 Å². The zero-order valence-corrected chi connectivity index (χ0v) is 11.0. The summed E-state index contributed by atoms with van der Waals surface area (Å²) in [6, 6.07) is 5.31. The molecular weight excluding hydrogens is 240 g/mol. The van der Waals surface area contributed by atoms with Gasteiger partial charge in [-0.25, -0.2) is 8.42 Å². The molecule has 17 heavy (non-hydrogen) atoms. The molecule has 94 valence electrons. The molecule has 0 radical (unpaired) electrons. The number of furan rings is 1. The molecule has 0 aliphatic carbocycles. The lowest BCUT2D eigenvalue weighted by Crippen LogP contribution is -2.34. The first-order valence-electron chi connectivity index (χ1n) is 5.32. The van der Waals surface area contributed by atoms with Crippen molar-refractivity contribution >= 4 is 10.0 Å². The minimum absolute atomic E-state index is 0.147. The summed E-state index contributed by atoms with van der Waals surface area (Å²) in [7, 11) is -2.13. The molecule has 0 aromatic carbocycles. The summed E-state index contributed by atoms with van der Waals surface area (Å²) in [4.78, 5) is 0. The van der Waals surface area contributed by atoms with Crippen molar-refractivity contribution in [3.05, 3.63) is 23.7 Å². The molecule has 5 nitrogen and oxygen atoms in total. The fourth-order valence-corrected chi connectivity index (χ4v) is 2.76. The van der Waals surface area contributed by atoms with Crippen molar-refractivity contribution in [2.75, 3.05) is 7.05 Å². The molecular formula is C11H16N2O3S. The van der Waals surface area contributed by atoms with Crippen molar-refractivity contribution in [2.24, 2.45) is 0 Å². The molecule has 1 rings (SSSR count). The molecule has 0 aliphatic heterocycles. The Balaban J connectivity index is 2.83. The summed E-state index contributed by atoms with van der Waals surface area (Å²) in [6.45, 7) is 3.62. The topological polar surface area (TPSA) is 74.3 Å². The van der Waals surface area contributed by atoms with Gasteiger partial charge >= 0.3 is 0 Å². The van der Waals surface area contributed by atoms with E-state index in [0.29, 0.717) is 5.76 Å². The van der Waals surface area contributed by atoms with Crippen LogP contribution in [0.1, 0.15) is 24.9 Å². The van der Waals surface area contributed by atoms with Gasteiger partial charge in [0.1, 0.15) is 11.5 Å². The van der Waals surface area contributed by atoms with Crippen molar-refractivity contribution in [3.8, 4) is 6.07 Å². The number of hydrogen-bond donors (Lipinski definition) is 0. The molecule has 0 aliphatic rings. The number of hydrogen-bond acceptors (Lipinski definition) is 4. The van der Waals surface area contributed by atoms with Crippen LogP contribution in [-0.2, 0) is 16.6 Å². The van der Waals surface area contributed by atoms with E-state index >= 15 is 0 Å². The van der Waals surface area contributed by atoms with Crippen molar-refractivity contribution in [2.45, 2.75) is 32.1 Å². The quantitative estimate of drug-likeness (QED) is 0.802. The van der Waals surface area contributed by atoms with Gasteiger partial charge in [-0.05, 0) is 25.5 Å². The van der Waals surface area contributed by atoms with Gasteiger partial charge in [0.05, 0.1) is 12.6 Å². The van der Waals surface area contributed by atoms with Gasteiger partial charge in [-0.3, -0.25) is 0 Å². The lowest BCUT2D eigenvalue weighted by molar-refractivity contribution is 0.395. The molecule has 0 saturated heterocycles. The summed E-state index contributed by atoms with van der Waals surface area (Å²) in [5.41, 5.74) is 0. The SMILES string of the molecule is CCC(C#N)S(=O)(=O)N(C)Cc1ccc(C)o1. The number of nitrogens with zero attached hydrogens (tertiary/aromatic N) is 2. The van der Waals surface area contributed by atoms with Gasteiger partial charge in [0.25, 0.3) is 0 Å². The number of sulfonamides is 1. The van der Waals surface area contributed by atoms with E-state index in [4.69, 9.17) is 9.68 Å².